The number of aliphatic imine (C=N–C) groups is 1. The van der Waals surface area contributed by atoms with Gasteiger partial charge >= 0.3 is 0 Å². The molecule has 0 saturated heterocycles. The average Bonchev–Trinajstić information content (AvgIpc) is 2.19. The van der Waals surface area contributed by atoms with Crippen LogP contribution < -0.4 is 5.73 Å². The smallest absolute Gasteiger partial charge is 0.0420 e. The summed E-state index contributed by atoms with van der Waals surface area (Å²) < 4.78 is 0. The van der Waals surface area contributed by atoms with Gasteiger partial charge in [0.2, 0.25) is 0 Å². The molecule has 0 amide bonds. The molecule has 0 aromatic heterocycles. The van der Waals surface area contributed by atoms with Crippen molar-refractivity contribution in [2.45, 2.75) is 32.1 Å². The number of rotatable bonds is 1. The lowest BCUT2D eigenvalue weighted by Gasteiger charge is -2.10. The molecule has 2 nitrogen and oxygen atoms in total. The van der Waals surface area contributed by atoms with E-state index in [1.54, 1.807) is 0 Å². The Morgan fingerprint density at radius 2 is 1.67 bits per heavy atom. The van der Waals surface area contributed by atoms with Crippen molar-refractivity contribution < 1.29 is 0 Å². The zero-order valence-electron chi connectivity index (χ0n) is 9.08. The highest BCUT2D eigenvalue weighted by molar-refractivity contribution is 6.00. The summed E-state index contributed by atoms with van der Waals surface area (Å²) in [7, 11) is 0. The number of nitrogen functional groups attached to an aromatic ring is 1. The summed E-state index contributed by atoms with van der Waals surface area (Å²) in [6.45, 7) is 0.986. The Kier molecular flexibility index (Phi) is 3.38. The van der Waals surface area contributed by atoms with E-state index in [1.807, 2.05) is 12.1 Å². The highest BCUT2D eigenvalue weighted by Crippen LogP contribution is 2.15. The van der Waals surface area contributed by atoms with Crippen LogP contribution in [0, 0.1) is 0 Å². The van der Waals surface area contributed by atoms with Crippen LogP contribution >= 0.6 is 0 Å². The van der Waals surface area contributed by atoms with Gasteiger partial charge in [-0.3, -0.25) is 4.99 Å². The zero-order chi connectivity index (χ0) is 10.5. The molecular weight excluding hydrogens is 184 g/mol. The standard InChI is InChI=1S/C13H18N2/c14-12-8-6-11(7-9-12)13-5-3-1-2-4-10-15-13/h6-9H,1-5,10,14H2. The summed E-state index contributed by atoms with van der Waals surface area (Å²) in [5, 5.41) is 0. The minimum Gasteiger partial charge on any atom is -0.399 e. The second-order valence-electron chi connectivity index (χ2n) is 4.11. The third kappa shape index (κ3) is 2.82. The number of nitrogens with two attached hydrogens (primary N) is 1. The largest absolute Gasteiger partial charge is 0.399 e. The van der Waals surface area contributed by atoms with Crippen LogP contribution in [0.25, 0.3) is 0 Å². The van der Waals surface area contributed by atoms with Crippen LogP contribution in [0.3, 0.4) is 0 Å². The first kappa shape index (κ1) is 10.2. The zero-order valence-corrected chi connectivity index (χ0v) is 9.08. The fraction of sp³-hybridized carbons (Fsp3) is 0.462. The van der Waals surface area contributed by atoms with E-state index < -0.39 is 0 Å². The van der Waals surface area contributed by atoms with Gasteiger partial charge in [0.1, 0.15) is 0 Å². The highest BCUT2D eigenvalue weighted by Gasteiger charge is 2.05. The van der Waals surface area contributed by atoms with Crippen LogP contribution in [0.4, 0.5) is 5.69 Å². The van der Waals surface area contributed by atoms with Gasteiger partial charge < -0.3 is 5.73 Å². The van der Waals surface area contributed by atoms with E-state index in [9.17, 15) is 0 Å². The number of hydrogen-bond donors (Lipinski definition) is 1. The normalized spacial score (nSPS) is 17.7. The van der Waals surface area contributed by atoms with Crippen LogP contribution in [-0.2, 0) is 0 Å². The van der Waals surface area contributed by atoms with Crippen LogP contribution in [0.5, 0.6) is 0 Å². The van der Waals surface area contributed by atoms with E-state index in [0.29, 0.717) is 0 Å². The molecule has 0 fully saturated rings. The molecule has 0 atom stereocenters. The summed E-state index contributed by atoms with van der Waals surface area (Å²) in [6, 6.07) is 8.07. The average molecular weight is 202 g/mol. The van der Waals surface area contributed by atoms with Gasteiger partial charge in [0.05, 0.1) is 0 Å². The van der Waals surface area contributed by atoms with Gasteiger partial charge in [0, 0.05) is 17.9 Å². The first-order valence-electron chi connectivity index (χ1n) is 5.75. The molecule has 2 rings (SSSR count). The van der Waals surface area contributed by atoms with Crippen molar-refractivity contribution >= 4 is 11.4 Å². The van der Waals surface area contributed by atoms with Crippen LogP contribution in [0.15, 0.2) is 29.3 Å². The summed E-state index contributed by atoms with van der Waals surface area (Å²) in [5.74, 6) is 0. The summed E-state index contributed by atoms with van der Waals surface area (Å²) in [5.41, 5.74) is 9.00. The molecule has 1 aromatic rings. The summed E-state index contributed by atoms with van der Waals surface area (Å²) >= 11 is 0. The maximum Gasteiger partial charge on any atom is 0.0420 e. The summed E-state index contributed by atoms with van der Waals surface area (Å²) in [6.07, 6.45) is 6.29. The molecule has 2 N–H and O–H groups in total. The van der Waals surface area contributed by atoms with Crippen molar-refractivity contribution in [1.82, 2.24) is 0 Å². The number of benzene rings is 1. The van der Waals surface area contributed by atoms with Gasteiger partial charge in [-0.15, -0.1) is 0 Å². The van der Waals surface area contributed by atoms with E-state index in [2.05, 4.69) is 17.1 Å². The molecule has 0 spiro atoms. The fourth-order valence-electron chi connectivity index (χ4n) is 1.96. The van der Waals surface area contributed by atoms with Gasteiger partial charge in [0.25, 0.3) is 0 Å². The van der Waals surface area contributed by atoms with E-state index in [-0.39, 0.29) is 0 Å². The SMILES string of the molecule is Nc1ccc(C2=NCCCCCC2)cc1. The Morgan fingerprint density at radius 1 is 0.933 bits per heavy atom. The molecule has 0 aliphatic carbocycles. The molecule has 1 aliphatic rings. The molecule has 15 heavy (non-hydrogen) atoms. The predicted octanol–water partition coefficient (Wildman–Crippen LogP) is 3.02. The van der Waals surface area contributed by atoms with E-state index in [4.69, 9.17) is 5.73 Å². The van der Waals surface area contributed by atoms with Gasteiger partial charge in [-0.05, 0) is 37.0 Å². The van der Waals surface area contributed by atoms with E-state index >= 15 is 0 Å². The molecule has 1 aliphatic heterocycles. The Hall–Kier alpha value is -1.31. The second-order valence-corrected chi connectivity index (χ2v) is 4.11. The molecule has 0 unspecified atom stereocenters. The molecule has 80 valence electrons. The van der Waals surface area contributed by atoms with Crippen molar-refractivity contribution in [2.75, 3.05) is 12.3 Å². The van der Waals surface area contributed by atoms with E-state index in [0.717, 1.165) is 18.7 Å². The quantitative estimate of drug-likeness (QED) is 0.698. The maximum absolute atomic E-state index is 5.67. The predicted molar refractivity (Wildman–Crippen MR) is 65.3 cm³/mol. The lowest BCUT2D eigenvalue weighted by atomic mass is 10.0. The van der Waals surface area contributed by atoms with Crippen molar-refractivity contribution in [3.8, 4) is 0 Å². The Bertz CT molecular complexity index is 338. The van der Waals surface area contributed by atoms with Gasteiger partial charge in [0.15, 0.2) is 0 Å². The number of anilines is 1. The monoisotopic (exact) mass is 202 g/mol. The van der Waals surface area contributed by atoms with Crippen molar-refractivity contribution in [3.63, 3.8) is 0 Å². The van der Waals surface area contributed by atoms with Crippen molar-refractivity contribution in [1.29, 1.82) is 0 Å². The van der Waals surface area contributed by atoms with E-state index in [1.165, 1.54) is 37.0 Å². The highest BCUT2D eigenvalue weighted by atomic mass is 14.7. The second kappa shape index (κ2) is 4.96. The van der Waals surface area contributed by atoms with Crippen molar-refractivity contribution in [3.05, 3.63) is 29.8 Å². The van der Waals surface area contributed by atoms with Crippen LogP contribution in [-0.4, -0.2) is 12.3 Å². The van der Waals surface area contributed by atoms with Crippen LogP contribution in [0.2, 0.25) is 0 Å². The third-order valence-electron chi connectivity index (χ3n) is 2.87. The topological polar surface area (TPSA) is 38.4 Å². The van der Waals surface area contributed by atoms with Gasteiger partial charge in [-0.2, -0.15) is 0 Å². The van der Waals surface area contributed by atoms with Gasteiger partial charge in [-0.1, -0.05) is 25.0 Å². The number of hydrogen-bond acceptors (Lipinski definition) is 2. The first-order chi connectivity index (χ1) is 7.36. The molecule has 0 radical (unpaired) electrons. The lowest BCUT2D eigenvalue weighted by Crippen LogP contribution is -2.05. The van der Waals surface area contributed by atoms with Gasteiger partial charge in [-0.25, -0.2) is 0 Å². The van der Waals surface area contributed by atoms with Crippen molar-refractivity contribution in [2.24, 2.45) is 4.99 Å². The summed E-state index contributed by atoms with van der Waals surface area (Å²) in [4.78, 5) is 4.66. The Balaban J connectivity index is 2.16. The molecule has 0 saturated carbocycles. The first-order valence-corrected chi connectivity index (χ1v) is 5.75. The Morgan fingerprint density at radius 3 is 2.47 bits per heavy atom. The van der Waals surface area contributed by atoms with Crippen LogP contribution in [0.1, 0.15) is 37.7 Å². The molecular formula is C13H18N2. The minimum absolute atomic E-state index is 0.824. The third-order valence-corrected chi connectivity index (χ3v) is 2.87. The Labute approximate surface area is 91.2 Å². The molecule has 0 bridgehead atoms. The molecule has 2 heteroatoms. The molecule has 1 aromatic carbocycles. The number of nitrogens with zero attached hydrogens (tertiary/aromatic N) is 1. The fourth-order valence-corrected chi connectivity index (χ4v) is 1.96. The maximum atomic E-state index is 5.67. The lowest BCUT2D eigenvalue weighted by molar-refractivity contribution is 0.644. The molecule has 1 heterocycles. The minimum atomic E-state index is 0.824.